The molecule has 0 atom stereocenters. The van der Waals surface area contributed by atoms with Gasteiger partial charge in [0.2, 0.25) is 5.91 Å². The number of nitrogens with one attached hydrogen (secondary N) is 2. The molecule has 1 saturated carbocycles. The van der Waals surface area contributed by atoms with E-state index in [2.05, 4.69) is 15.6 Å². The van der Waals surface area contributed by atoms with E-state index in [0.717, 1.165) is 32.0 Å². The number of carbonyl (C=O) groups excluding carboxylic acids is 1. The van der Waals surface area contributed by atoms with Gasteiger partial charge in [-0.25, -0.2) is 0 Å². The summed E-state index contributed by atoms with van der Waals surface area (Å²) >= 11 is 0. The van der Waals surface area contributed by atoms with E-state index >= 15 is 0 Å². The van der Waals surface area contributed by atoms with Crippen LogP contribution in [0.5, 0.6) is 0 Å². The van der Waals surface area contributed by atoms with Gasteiger partial charge in [0.25, 0.3) is 0 Å². The molecule has 1 fully saturated rings. The third-order valence-electron chi connectivity index (χ3n) is 4.48. The van der Waals surface area contributed by atoms with Crippen molar-refractivity contribution >= 4 is 11.9 Å². The van der Waals surface area contributed by atoms with Crippen molar-refractivity contribution in [2.75, 3.05) is 33.8 Å². The molecule has 6 heteroatoms. The Hall–Kier alpha value is -1.30. The van der Waals surface area contributed by atoms with Gasteiger partial charge >= 0.3 is 0 Å². The van der Waals surface area contributed by atoms with Crippen molar-refractivity contribution in [1.29, 1.82) is 0 Å². The van der Waals surface area contributed by atoms with Crippen LogP contribution in [0.3, 0.4) is 0 Å². The van der Waals surface area contributed by atoms with Gasteiger partial charge < -0.3 is 20.3 Å². The fourth-order valence-corrected chi connectivity index (χ4v) is 3.22. The minimum atomic E-state index is -0.216. The second-order valence-corrected chi connectivity index (χ2v) is 8.32. The summed E-state index contributed by atoms with van der Waals surface area (Å²) in [5.41, 5.74) is -0.216. The lowest BCUT2D eigenvalue weighted by Crippen LogP contribution is -2.48. The Labute approximate surface area is 160 Å². The SMILES string of the molecule is CN=C(NCCCCOC1CCCCCC1)N(C)CC(=O)NC(C)(C)C. The predicted molar refractivity (Wildman–Crippen MR) is 109 cm³/mol. The maximum Gasteiger partial charge on any atom is 0.240 e. The third kappa shape index (κ3) is 10.6. The second-order valence-electron chi connectivity index (χ2n) is 8.32. The maximum atomic E-state index is 12.0. The Kier molecular flexibility index (Phi) is 10.6. The number of amides is 1. The maximum absolute atomic E-state index is 12.0. The highest BCUT2D eigenvalue weighted by Gasteiger charge is 2.16. The van der Waals surface area contributed by atoms with E-state index in [9.17, 15) is 4.79 Å². The van der Waals surface area contributed by atoms with E-state index in [1.54, 1.807) is 7.05 Å². The van der Waals surface area contributed by atoms with E-state index in [1.807, 2.05) is 32.7 Å². The zero-order valence-electron chi connectivity index (χ0n) is 17.6. The van der Waals surface area contributed by atoms with Crippen LogP contribution in [0.4, 0.5) is 0 Å². The van der Waals surface area contributed by atoms with Crippen LogP contribution >= 0.6 is 0 Å². The highest BCUT2D eigenvalue weighted by atomic mass is 16.5. The lowest BCUT2D eigenvalue weighted by molar-refractivity contribution is -0.122. The summed E-state index contributed by atoms with van der Waals surface area (Å²) in [5.74, 6) is 0.749. The molecule has 0 saturated heterocycles. The second kappa shape index (κ2) is 12.2. The first-order chi connectivity index (χ1) is 12.3. The molecule has 26 heavy (non-hydrogen) atoms. The van der Waals surface area contributed by atoms with Crippen LogP contribution in [-0.2, 0) is 9.53 Å². The molecule has 6 nitrogen and oxygen atoms in total. The van der Waals surface area contributed by atoms with Gasteiger partial charge in [0.05, 0.1) is 12.6 Å². The van der Waals surface area contributed by atoms with Crippen molar-refractivity contribution in [2.24, 2.45) is 4.99 Å². The molecule has 1 amide bonds. The smallest absolute Gasteiger partial charge is 0.240 e. The summed E-state index contributed by atoms with van der Waals surface area (Å²) in [6.45, 7) is 7.92. The van der Waals surface area contributed by atoms with E-state index < -0.39 is 0 Å². The molecule has 2 N–H and O–H groups in total. The quantitative estimate of drug-likeness (QED) is 0.299. The number of aliphatic imine (C=N–C) groups is 1. The standard InChI is InChI=1S/C20H40N4O2/c1-20(2,3)23-18(25)16-24(5)19(21-4)22-14-10-11-15-26-17-12-8-6-7-9-13-17/h17H,6-16H2,1-5H3,(H,21,22)(H,23,25). The summed E-state index contributed by atoms with van der Waals surface area (Å²) in [7, 11) is 3.63. The molecular formula is C20H40N4O2. The molecule has 0 aromatic heterocycles. The minimum absolute atomic E-state index is 0.000231. The van der Waals surface area contributed by atoms with Gasteiger partial charge in [0, 0.05) is 32.8 Å². The van der Waals surface area contributed by atoms with Crippen LogP contribution in [0, 0.1) is 0 Å². The molecule has 0 radical (unpaired) electrons. The van der Waals surface area contributed by atoms with Crippen LogP contribution in [0.2, 0.25) is 0 Å². The van der Waals surface area contributed by atoms with Crippen molar-refractivity contribution in [3.63, 3.8) is 0 Å². The number of hydrogen-bond acceptors (Lipinski definition) is 3. The molecule has 0 bridgehead atoms. The Bertz CT molecular complexity index is 424. The Balaban J connectivity index is 2.16. The molecule has 0 spiro atoms. The summed E-state index contributed by atoms with van der Waals surface area (Å²) in [5, 5.41) is 6.29. The molecular weight excluding hydrogens is 328 g/mol. The van der Waals surface area contributed by atoms with E-state index in [0.29, 0.717) is 12.6 Å². The number of rotatable bonds is 8. The normalized spacial score (nSPS) is 16.9. The summed E-state index contributed by atoms with van der Waals surface area (Å²) < 4.78 is 6.02. The number of likely N-dealkylation sites (N-methyl/N-ethyl adjacent to an activating group) is 1. The molecule has 1 aliphatic carbocycles. The lowest BCUT2D eigenvalue weighted by atomic mass is 10.1. The molecule has 0 aromatic carbocycles. The van der Waals surface area contributed by atoms with Gasteiger partial charge in [-0.15, -0.1) is 0 Å². The van der Waals surface area contributed by atoms with Crippen LogP contribution in [0.15, 0.2) is 4.99 Å². The summed E-state index contributed by atoms with van der Waals surface area (Å²) in [4.78, 5) is 18.1. The Morgan fingerprint density at radius 2 is 1.81 bits per heavy atom. The summed E-state index contributed by atoms with van der Waals surface area (Å²) in [6, 6.07) is 0. The van der Waals surface area contributed by atoms with Crippen LogP contribution < -0.4 is 10.6 Å². The molecule has 0 aromatic rings. The first-order valence-corrected chi connectivity index (χ1v) is 10.2. The monoisotopic (exact) mass is 368 g/mol. The van der Waals surface area contributed by atoms with Gasteiger partial charge in [-0.05, 0) is 46.5 Å². The number of carbonyl (C=O) groups is 1. The van der Waals surface area contributed by atoms with Crippen molar-refractivity contribution in [2.45, 2.75) is 83.8 Å². The van der Waals surface area contributed by atoms with Crippen molar-refractivity contribution < 1.29 is 9.53 Å². The van der Waals surface area contributed by atoms with Gasteiger partial charge in [0.15, 0.2) is 5.96 Å². The van der Waals surface area contributed by atoms with Gasteiger partial charge in [-0.1, -0.05) is 25.7 Å². The number of hydrogen-bond donors (Lipinski definition) is 2. The van der Waals surface area contributed by atoms with E-state index in [1.165, 1.54) is 38.5 Å². The highest BCUT2D eigenvalue weighted by molar-refractivity contribution is 5.86. The Morgan fingerprint density at radius 3 is 2.38 bits per heavy atom. The third-order valence-corrected chi connectivity index (χ3v) is 4.48. The van der Waals surface area contributed by atoms with Gasteiger partial charge in [0.1, 0.15) is 0 Å². The van der Waals surface area contributed by atoms with E-state index in [-0.39, 0.29) is 11.4 Å². The molecule has 1 aliphatic rings. The Morgan fingerprint density at radius 1 is 1.15 bits per heavy atom. The predicted octanol–water partition coefficient (Wildman–Crippen LogP) is 2.93. The van der Waals surface area contributed by atoms with Crippen molar-refractivity contribution in [1.82, 2.24) is 15.5 Å². The number of unbranched alkanes of at least 4 members (excludes halogenated alkanes) is 1. The fraction of sp³-hybridized carbons (Fsp3) is 0.900. The van der Waals surface area contributed by atoms with E-state index in [4.69, 9.17) is 4.74 Å². The summed E-state index contributed by atoms with van der Waals surface area (Å²) in [6.07, 6.45) is 10.4. The van der Waals surface area contributed by atoms with Crippen LogP contribution in [-0.4, -0.2) is 62.2 Å². The van der Waals surface area contributed by atoms with Gasteiger partial charge in [-0.3, -0.25) is 9.79 Å². The first-order valence-electron chi connectivity index (χ1n) is 10.2. The average Bonchev–Trinajstić information content (AvgIpc) is 2.81. The fourth-order valence-electron chi connectivity index (χ4n) is 3.22. The zero-order chi connectivity index (χ0) is 19.4. The molecule has 0 unspecified atom stereocenters. The average molecular weight is 369 g/mol. The molecule has 152 valence electrons. The zero-order valence-corrected chi connectivity index (χ0v) is 17.6. The first kappa shape index (κ1) is 22.7. The number of ether oxygens (including phenoxy) is 1. The van der Waals surface area contributed by atoms with Crippen LogP contribution in [0.1, 0.15) is 72.1 Å². The largest absolute Gasteiger partial charge is 0.378 e. The number of nitrogens with zero attached hydrogens (tertiary/aromatic N) is 2. The van der Waals surface area contributed by atoms with Crippen LogP contribution in [0.25, 0.3) is 0 Å². The highest BCUT2D eigenvalue weighted by Crippen LogP contribution is 2.19. The lowest BCUT2D eigenvalue weighted by Gasteiger charge is -2.25. The van der Waals surface area contributed by atoms with Crippen molar-refractivity contribution in [3.05, 3.63) is 0 Å². The van der Waals surface area contributed by atoms with Crippen molar-refractivity contribution in [3.8, 4) is 0 Å². The molecule has 0 aliphatic heterocycles. The molecule has 1 rings (SSSR count). The topological polar surface area (TPSA) is 66.0 Å². The van der Waals surface area contributed by atoms with Gasteiger partial charge in [-0.2, -0.15) is 0 Å². The molecule has 0 heterocycles. The minimum Gasteiger partial charge on any atom is -0.378 e. The number of guanidine groups is 1.